The van der Waals surface area contributed by atoms with Gasteiger partial charge in [0.15, 0.2) is 6.10 Å². The van der Waals surface area contributed by atoms with Crippen LogP contribution in [0.3, 0.4) is 0 Å². The Balaban J connectivity index is 4.13. The molecule has 6 heteroatoms. The zero-order valence-electron chi connectivity index (χ0n) is 51.9. The summed E-state index contributed by atoms with van der Waals surface area (Å²) in [4.78, 5) is 38.2. The molecule has 0 bridgehead atoms. The molecule has 1 unspecified atom stereocenters. The first-order valence-electron chi connectivity index (χ1n) is 33.9. The standard InChI is InChI=1S/C72H128O6/c1-4-7-10-13-16-19-21-23-25-27-29-31-33-34-35-36-37-38-40-41-43-45-47-49-51-53-56-59-62-65-71(74)77-68-69(67-76-70(73)64-61-58-55-18-15-12-9-6-3)78-72(75)66-63-60-57-54-52-50-48-46-44-42-39-32-30-28-26-24-22-20-17-14-11-8-5-2/h7,10,16,19,23,25,29,31,34-35,37-38,69H,4-6,8-9,11-15,17-18,20-22,24,26-28,30,32-33,36,39-68H2,1-3H3/b10-7-,19-16-,25-23-,31-29-,35-34-,38-37-. The van der Waals surface area contributed by atoms with Crippen molar-refractivity contribution in [2.75, 3.05) is 13.2 Å². The lowest BCUT2D eigenvalue weighted by atomic mass is 10.0. The van der Waals surface area contributed by atoms with Crippen LogP contribution in [0, 0.1) is 0 Å². The number of unbranched alkanes of at least 4 members (excludes halogenated alkanes) is 39. The van der Waals surface area contributed by atoms with E-state index in [0.717, 1.165) is 96.3 Å². The van der Waals surface area contributed by atoms with Gasteiger partial charge in [-0.3, -0.25) is 14.4 Å². The van der Waals surface area contributed by atoms with Crippen LogP contribution in [0.1, 0.15) is 348 Å². The van der Waals surface area contributed by atoms with Gasteiger partial charge >= 0.3 is 17.9 Å². The normalized spacial score (nSPS) is 12.5. The van der Waals surface area contributed by atoms with Gasteiger partial charge < -0.3 is 14.2 Å². The Morgan fingerprint density at radius 2 is 0.500 bits per heavy atom. The van der Waals surface area contributed by atoms with Crippen molar-refractivity contribution >= 4 is 17.9 Å². The SMILES string of the molecule is CC/C=C\C/C=C\C/C=C\C/C=C\C/C=C\C/C=C\CCCCCCCCCCCCC(=O)OCC(COC(=O)CCCCCCCCCC)OC(=O)CCCCCCCCCCCCCCCCCCCCCCCCC. The molecular weight excluding hydrogens is 961 g/mol. The fourth-order valence-electron chi connectivity index (χ4n) is 9.92. The highest BCUT2D eigenvalue weighted by molar-refractivity contribution is 5.71. The van der Waals surface area contributed by atoms with Crippen molar-refractivity contribution in [3.8, 4) is 0 Å². The zero-order chi connectivity index (χ0) is 56.4. The van der Waals surface area contributed by atoms with Crippen molar-refractivity contribution in [1.82, 2.24) is 0 Å². The molecule has 0 spiro atoms. The van der Waals surface area contributed by atoms with Gasteiger partial charge in [-0.25, -0.2) is 0 Å². The summed E-state index contributed by atoms with van der Waals surface area (Å²) < 4.78 is 16.9. The summed E-state index contributed by atoms with van der Waals surface area (Å²) in [6.07, 6.45) is 86.5. The highest BCUT2D eigenvalue weighted by Gasteiger charge is 2.19. The number of carbonyl (C=O) groups excluding carboxylic acids is 3. The summed E-state index contributed by atoms with van der Waals surface area (Å²) in [6, 6.07) is 0. The van der Waals surface area contributed by atoms with E-state index in [1.165, 1.54) is 212 Å². The number of esters is 3. The van der Waals surface area contributed by atoms with E-state index in [0.29, 0.717) is 19.3 Å². The molecule has 0 heterocycles. The Hall–Kier alpha value is -3.15. The molecule has 0 aliphatic carbocycles. The molecule has 6 nitrogen and oxygen atoms in total. The van der Waals surface area contributed by atoms with Gasteiger partial charge in [-0.2, -0.15) is 0 Å². The van der Waals surface area contributed by atoms with Crippen LogP contribution in [0.4, 0.5) is 0 Å². The smallest absolute Gasteiger partial charge is 0.306 e. The van der Waals surface area contributed by atoms with Crippen LogP contribution in [0.5, 0.6) is 0 Å². The summed E-state index contributed by atoms with van der Waals surface area (Å²) in [6.45, 7) is 6.54. The zero-order valence-corrected chi connectivity index (χ0v) is 51.9. The molecule has 1 atom stereocenters. The number of rotatable bonds is 62. The minimum absolute atomic E-state index is 0.0717. The Labute approximate surface area is 484 Å². The second-order valence-electron chi connectivity index (χ2n) is 22.7. The first-order valence-corrected chi connectivity index (χ1v) is 33.9. The molecule has 0 amide bonds. The van der Waals surface area contributed by atoms with Gasteiger partial charge in [0, 0.05) is 19.3 Å². The molecule has 0 saturated heterocycles. The predicted octanol–water partition coefficient (Wildman–Crippen LogP) is 23.3. The third-order valence-corrected chi connectivity index (χ3v) is 15.0. The fourth-order valence-corrected chi connectivity index (χ4v) is 9.92. The van der Waals surface area contributed by atoms with Gasteiger partial charge in [0.2, 0.25) is 0 Å². The molecule has 0 radical (unpaired) electrons. The van der Waals surface area contributed by atoms with E-state index in [1.807, 2.05) is 0 Å². The second-order valence-corrected chi connectivity index (χ2v) is 22.7. The van der Waals surface area contributed by atoms with Crippen LogP contribution in [0.2, 0.25) is 0 Å². The van der Waals surface area contributed by atoms with Crippen molar-refractivity contribution in [1.29, 1.82) is 0 Å². The van der Waals surface area contributed by atoms with Crippen LogP contribution < -0.4 is 0 Å². The Bertz CT molecular complexity index is 1440. The maximum Gasteiger partial charge on any atom is 0.306 e. The molecule has 78 heavy (non-hydrogen) atoms. The van der Waals surface area contributed by atoms with Crippen LogP contribution in [-0.2, 0) is 28.6 Å². The third kappa shape index (κ3) is 63.7. The average molecular weight is 1090 g/mol. The number of ether oxygens (including phenoxy) is 3. The monoisotopic (exact) mass is 1090 g/mol. The first kappa shape index (κ1) is 74.8. The van der Waals surface area contributed by atoms with Crippen LogP contribution in [0.25, 0.3) is 0 Å². The number of allylic oxidation sites excluding steroid dienone is 12. The minimum Gasteiger partial charge on any atom is -0.462 e. The van der Waals surface area contributed by atoms with Gasteiger partial charge in [0.25, 0.3) is 0 Å². The highest BCUT2D eigenvalue weighted by atomic mass is 16.6. The molecular formula is C72H128O6. The minimum atomic E-state index is -0.773. The van der Waals surface area contributed by atoms with E-state index < -0.39 is 6.10 Å². The Morgan fingerprint density at radius 1 is 0.269 bits per heavy atom. The Morgan fingerprint density at radius 3 is 0.782 bits per heavy atom. The summed E-state index contributed by atoms with van der Waals surface area (Å²) >= 11 is 0. The lowest BCUT2D eigenvalue weighted by molar-refractivity contribution is -0.167. The second kappa shape index (κ2) is 66.4. The van der Waals surface area contributed by atoms with E-state index in [9.17, 15) is 14.4 Å². The van der Waals surface area contributed by atoms with Gasteiger partial charge in [0.05, 0.1) is 0 Å². The van der Waals surface area contributed by atoms with Crippen LogP contribution in [0.15, 0.2) is 72.9 Å². The Kier molecular flexibility index (Phi) is 63.7. The maximum atomic E-state index is 12.9. The lowest BCUT2D eigenvalue weighted by Gasteiger charge is -2.18. The first-order chi connectivity index (χ1) is 38.5. The third-order valence-electron chi connectivity index (χ3n) is 15.0. The molecule has 0 aromatic rings. The van der Waals surface area contributed by atoms with Gasteiger partial charge in [-0.05, 0) is 70.6 Å². The van der Waals surface area contributed by atoms with Gasteiger partial charge in [0.1, 0.15) is 13.2 Å². The molecule has 0 aromatic heterocycles. The molecule has 452 valence electrons. The van der Waals surface area contributed by atoms with E-state index >= 15 is 0 Å². The number of hydrogen-bond acceptors (Lipinski definition) is 6. The summed E-state index contributed by atoms with van der Waals surface area (Å²) in [5.74, 6) is -0.861. The summed E-state index contributed by atoms with van der Waals surface area (Å²) in [5, 5.41) is 0. The summed E-state index contributed by atoms with van der Waals surface area (Å²) in [7, 11) is 0. The van der Waals surface area contributed by atoms with E-state index in [2.05, 4.69) is 93.7 Å². The number of hydrogen-bond donors (Lipinski definition) is 0. The van der Waals surface area contributed by atoms with Crippen molar-refractivity contribution in [2.45, 2.75) is 354 Å². The molecule has 0 aliphatic rings. The maximum absolute atomic E-state index is 12.9. The van der Waals surface area contributed by atoms with Gasteiger partial charge in [-0.15, -0.1) is 0 Å². The predicted molar refractivity (Wildman–Crippen MR) is 339 cm³/mol. The largest absolute Gasteiger partial charge is 0.462 e. The average Bonchev–Trinajstić information content (AvgIpc) is 3.44. The van der Waals surface area contributed by atoms with Crippen LogP contribution in [-0.4, -0.2) is 37.2 Å². The van der Waals surface area contributed by atoms with Crippen LogP contribution >= 0.6 is 0 Å². The molecule has 0 rings (SSSR count). The fraction of sp³-hybridized carbons (Fsp3) is 0.792. The van der Waals surface area contributed by atoms with Crippen molar-refractivity contribution in [2.24, 2.45) is 0 Å². The topological polar surface area (TPSA) is 78.9 Å². The molecule has 0 N–H and O–H groups in total. The van der Waals surface area contributed by atoms with Gasteiger partial charge in [-0.1, -0.05) is 331 Å². The quantitative estimate of drug-likeness (QED) is 0.0261. The lowest BCUT2D eigenvalue weighted by Crippen LogP contribution is -2.30. The van der Waals surface area contributed by atoms with E-state index in [-0.39, 0.29) is 31.1 Å². The molecule has 0 aliphatic heterocycles. The van der Waals surface area contributed by atoms with Crippen molar-refractivity contribution in [3.63, 3.8) is 0 Å². The van der Waals surface area contributed by atoms with E-state index in [1.54, 1.807) is 0 Å². The molecule has 0 fully saturated rings. The number of carbonyl (C=O) groups is 3. The van der Waals surface area contributed by atoms with Crippen molar-refractivity contribution < 1.29 is 28.6 Å². The van der Waals surface area contributed by atoms with E-state index in [4.69, 9.17) is 14.2 Å². The molecule has 0 saturated carbocycles. The summed E-state index contributed by atoms with van der Waals surface area (Å²) in [5.41, 5.74) is 0. The van der Waals surface area contributed by atoms with Crippen molar-refractivity contribution in [3.05, 3.63) is 72.9 Å². The molecule has 0 aromatic carbocycles. The highest BCUT2D eigenvalue weighted by Crippen LogP contribution is 2.18.